The highest BCUT2D eigenvalue weighted by Gasteiger charge is 2.30. The zero-order valence-electron chi connectivity index (χ0n) is 13.6. The Labute approximate surface area is 129 Å². The molecule has 0 spiro atoms. The Morgan fingerprint density at radius 3 is 2.43 bits per heavy atom. The average Bonchev–Trinajstić information content (AvgIpc) is 2.45. The van der Waals surface area contributed by atoms with Crippen molar-refractivity contribution in [2.24, 2.45) is 11.8 Å². The summed E-state index contributed by atoms with van der Waals surface area (Å²) < 4.78 is 25.7. The van der Waals surface area contributed by atoms with Crippen LogP contribution >= 0.6 is 0 Å². The van der Waals surface area contributed by atoms with Crippen molar-refractivity contribution in [1.29, 1.82) is 0 Å². The number of nitrogens with zero attached hydrogens (tertiary/aromatic N) is 1. The molecular formula is C15H30N2O3S. The molecule has 1 amide bonds. The average molecular weight is 318 g/mol. The molecule has 1 N–H and O–H groups in total. The molecule has 0 radical (unpaired) electrons. The number of amides is 1. The Balaban J connectivity index is 2.36. The monoisotopic (exact) mass is 318 g/mol. The third-order valence-electron chi connectivity index (χ3n) is 3.99. The van der Waals surface area contributed by atoms with Crippen LogP contribution in [0, 0.1) is 11.8 Å². The molecule has 0 saturated carbocycles. The number of unbranched alkanes of at least 4 members (excludes halogenated alkanes) is 1. The van der Waals surface area contributed by atoms with Crippen LogP contribution in [0.3, 0.4) is 0 Å². The van der Waals surface area contributed by atoms with Crippen LogP contribution in [0.4, 0.5) is 0 Å². The summed E-state index contributed by atoms with van der Waals surface area (Å²) in [5.74, 6) is 0.862. The van der Waals surface area contributed by atoms with Gasteiger partial charge in [0, 0.05) is 25.6 Å². The van der Waals surface area contributed by atoms with E-state index in [1.165, 1.54) is 0 Å². The van der Waals surface area contributed by atoms with E-state index < -0.39 is 10.0 Å². The van der Waals surface area contributed by atoms with Crippen molar-refractivity contribution in [3.05, 3.63) is 0 Å². The number of hydrogen-bond donors (Lipinski definition) is 1. The van der Waals surface area contributed by atoms with Gasteiger partial charge in [-0.25, -0.2) is 12.7 Å². The summed E-state index contributed by atoms with van der Waals surface area (Å²) in [4.78, 5) is 12.0. The largest absolute Gasteiger partial charge is 0.356 e. The predicted molar refractivity (Wildman–Crippen MR) is 85.5 cm³/mol. The van der Waals surface area contributed by atoms with Crippen molar-refractivity contribution < 1.29 is 13.2 Å². The van der Waals surface area contributed by atoms with E-state index in [9.17, 15) is 13.2 Å². The van der Waals surface area contributed by atoms with Gasteiger partial charge in [-0.2, -0.15) is 0 Å². The number of nitrogens with one attached hydrogen (secondary N) is 1. The van der Waals surface area contributed by atoms with Crippen molar-refractivity contribution in [3.8, 4) is 0 Å². The SMILES string of the molecule is CCCCS(=O)(=O)N1CCC(C(=O)NCCC(C)C)CC1. The first-order chi connectivity index (χ1) is 9.86. The maximum absolute atomic E-state index is 12.1. The molecule has 0 unspecified atom stereocenters. The first kappa shape index (κ1) is 18.4. The van der Waals surface area contributed by atoms with Crippen LogP contribution in [0.15, 0.2) is 0 Å². The lowest BCUT2D eigenvalue weighted by molar-refractivity contribution is -0.126. The molecule has 1 heterocycles. The lowest BCUT2D eigenvalue weighted by atomic mass is 9.97. The van der Waals surface area contributed by atoms with E-state index in [0.717, 1.165) is 12.8 Å². The highest BCUT2D eigenvalue weighted by Crippen LogP contribution is 2.20. The van der Waals surface area contributed by atoms with Gasteiger partial charge in [0.1, 0.15) is 0 Å². The van der Waals surface area contributed by atoms with Gasteiger partial charge in [0.2, 0.25) is 15.9 Å². The zero-order chi connectivity index (χ0) is 15.9. The van der Waals surface area contributed by atoms with E-state index in [1.807, 2.05) is 6.92 Å². The molecule has 0 aromatic rings. The quantitative estimate of drug-likeness (QED) is 0.744. The van der Waals surface area contributed by atoms with Crippen LogP contribution in [0.1, 0.15) is 52.9 Å². The normalized spacial score (nSPS) is 18.1. The summed E-state index contributed by atoms with van der Waals surface area (Å²) in [7, 11) is -3.12. The number of hydrogen-bond acceptors (Lipinski definition) is 3. The van der Waals surface area contributed by atoms with E-state index in [1.54, 1.807) is 4.31 Å². The minimum absolute atomic E-state index is 0.0326. The number of sulfonamides is 1. The third-order valence-corrected chi connectivity index (χ3v) is 5.95. The fraction of sp³-hybridized carbons (Fsp3) is 0.933. The van der Waals surface area contributed by atoms with Crippen molar-refractivity contribution in [1.82, 2.24) is 9.62 Å². The molecule has 6 heteroatoms. The zero-order valence-corrected chi connectivity index (χ0v) is 14.4. The number of carbonyl (C=O) groups excluding carboxylic acids is 1. The van der Waals surface area contributed by atoms with Gasteiger partial charge < -0.3 is 5.32 Å². The van der Waals surface area contributed by atoms with Gasteiger partial charge in [0.25, 0.3) is 0 Å². The molecule has 0 bridgehead atoms. The summed E-state index contributed by atoms with van der Waals surface area (Å²) in [6.45, 7) is 7.93. The summed E-state index contributed by atoms with van der Waals surface area (Å²) in [6, 6.07) is 0. The summed E-state index contributed by atoms with van der Waals surface area (Å²) >= 11 is 0. The Morgan fingerprint density at radius 1 is 1.29 bits per heavy atom. The first-order valence-corrected chi connectivity index (χ1v) is 9.73. The molecule has 1 rings (SSSR count). The summed E-state index contributed by atoms with van der Waals surface area (Å²) in [5.41, 5.74) is 0. The minimum atomic E-state index is -3.12. The minimum Gasteiger partial charge on any atom is -0.356 e. The van der Waals surface area contributed by atoms with E-state index in [2.05, 4.69) is 19.2 Å². The van der Waals surface area contributed by atoms with Crippen LogP contribution < -0.4 is 5.32 Å². The number of rotatable bonds is 8. The Morgan fingerprint density at radius 2 is 1.90 bits per heavy atom. The van der Waals surface area contributed by atoms with Gasteiger partial charge in [0.15, 0.2) is 0 Å². The summed E-state index contributed by atoms with van der Waals surface area (Å²) in [6.07, 6.45) is 3.85. The van der Waals surface area contributed by atoms with Crippen LogP contribution in [0.25, 0.3) is 0 Å². The van der Waals surface area contributed by atoms with Crippen molar-refractivity contribution in [2.45, 2.75) is 52.9 Å². The first-order valence-electron chi connectivity index (χ1n) is 8.12. The molecule has 0 aromatic heterocycles. The van der Waals surface area contributed by atoms with E-state index in [0.29, 0.717) is 44.8 Å². The van der Waals surface area contributed by atoms with E-state index in [4.69, 9.17) is 0 Å². The Hall–Kier alpha value is -0.620. The lowest BCUT2D eigenvalue weighted by Gasteiger charge is -2.30. The van der Waals surface area contributed by atoms with E-state index >= 15 is 0 Å². The second kappa shape index (κ2) is 8.73. The molecule has 1 aliphatic heterocycles. The predicted octanol–water partition coefficient (Wildman–Crippen LogP) is 1.99. The molecular weight excluding hydrogens is 288 g/mol. The summed E-state index contributed by atoms with van der Waals surface area (Å²) in [5, 5.41) is 2.96. The second-order valence-electron chi connectivity index (χ2n) is 6.32. The number of piperidine rings is 1. The molecule has 21 heavy (non-hydrogen) atoms. The molecule has 1 aliphatic rings. The maximum Gasteiger partial charge on any atom is 0.223 e. The van der Waals surface area contributed by atoms with Crippen LogP contribution in [0.2, 0.25) is 0 Å². The molecule has 124 valence electrons. The topological polar surface area (TPSA) is 66.5 Å². The smallest absolute Gasteiger partial charge is 0.223 e. The maximum atomic E-state index is 12.1. The van der Waals surface area contributed by atoms with Gasteiger partial charge in [-0.3, -0.25) is 4.79 Å². The Bertz CT molecular complexity index is 413. The van der Waals surface area contributed by atoms with Crippen LogP contribution in [0.5, 0.6) is 0 Å². The molecule has 1 saturated heterocycles. The van der Waals surface area contributed by atoms with Gasteiger partial charge >= 0.3 is 0 Å². The third kappa shape index (κ3) is 6.34. The van der Waals surface area contributed by atoms with Crippen LogP contribution in [-0.2, 0) is 14.8 Å². The number of carbonyl (C=O) groups is 1. The van der Waals surface area contributed by atoms with Crippen molar-refractivity contribution in [2.75, 3.05) is 25.4 Å². The molecule has 1 fully saturated rings. The standard InChI is InChI=1S/C15H30N2O3S/c1-4-5-12-21(19,20)17-10-7-14(8-11-17)15(18)16-9-6-13(2)3/h13-14H,4-12H2,1-3H3,(H,16,18). The van der Waals surface area contributed by atoms with Crippen molar-refractivity contribution in [3.63, 3.8) is 0 Å². The second-order valence-corrected chi connectivity index (χ2v) is 8.40. The van der Waals surface area contributed by atoms with Crippen molar-refractivity contribution >= 4 is 15.9 Å². The van der Waals surface area contributed by atoms with Gasteiger partial charge in [0.05, 0.1) is 5.75 Å². The molecule has 0 atom stereocenters. The molecule has 5 nitrogen and oxygen atoms in total. The highest BCUT2D eigenvalue weighted by atomic mass is 32.2. The van der Waals surface area contributed by atoms with Gasteiger partial charge in [-0.05, 0) is 31.6 Å². The van der Waals surface area contributed by atoms with Gasteiger partial charge in [-0.1, -0.05) is 27.2 Å². The lowest BCUT2D eigenvalue weighted by Crippen LogP contribution is -2.43. The fourth-order valence-electron chi connectivity index (χ4n) is 2.48. The molecule has 0 aromatic carbocycles. The Kier molecular flexibility index (Phi) is 7.66. The molecule has 0 aliphatic carbocycles. The fourth-order valence-corrected chi connectivity index (χ4v) is 4.16. The van der Waals surface area contributed by atoms with Gasteiger partial charge in [-0.15, -0.1) is 0 Å². The highest BCUT2D eigenvalue weighted by molar-refractivity contribution is 7.89. The van der Waals surface area contributed by atoms with Crippen LogP contribution in [-0.4, -0.2) is 44.0 Å². The van der Waals surface area contributed by atoms with E-state index in [-0.39, 0.29) is 17.6 Å².